The van der Waals surface area contributed by atoms with Gasteiger partial charge < -0.3 is 102 Å². The monoisotopic (exact) mass is 1290 g/mol. The molecule has 8 amide bonds. The number of phenolic OH excluding ortho intramolecular Hbond substituents is 1. The average Bonchev–Trinajstić information content (AvgIpc) is 1.72. The number of nitrogens with zero attached hydrogens (tertiary/aromatic N) is 4. The molecule has 13 atom stereocenters. The van der Waals surface area contributed by atoms with E-state index in [9.17, 15) is 79.4 Å². The molecule has 8 rings (SSSR count). The van der Waals surface area contributed by atoms with E-state index in [2.05, 4.69) is 57.9 Å². The van der Waals surface area contributed by atoms with E-state index in [1.165, 1.54) is 44.4 Å². The number of carbonyl (C=O) groups excluding carboxylic acids is 8. The van der Waals surface area contributed by atoms with Gasteiger partial charge in [0.2, 0.25) is 41.4 Å². The van der Waals surface area contributed by atoms with Crippen molar-refractivity contribution in [1.82, 2.24) is 36.4 Å². The number of aliphatic hydroxyl groups is 6. The number of amides is 8. The quantitative estimate of drug-likeness (QED) is 0.0196. The van der Waals surface area contributed by atoms with Gasteiger partial charge in [-0.3, -0.25) is 43.4 Å². The maximum atomic E-state index is 14.7. The first-order chi connectivity index (χ1) is 42.5. The third-order valence-electron chi connectivity index (χ3n) is 16.6. The number of primary amides is 1. The van der Waals surface area contributed by atoms with E-state index in [0.29, 0.717) is 26.2 Å². The van der Waals surface area contributed by atoms with Gasteiger partial charge in [0.25, 0.3) is 18.2 Å². The third kappa shape index (κ3) is 18.1. The molecule has 5 aliphatic rings. The summed E-state index contributed by atoms with van der Waals surface area (Å²) in [5.74, 6) is -10.1. The van der Waals surface area contributed by atoms with Gasteiger partial charge in [-0.05, 0) is 98.8 Å². The van der Waals surface area contributed by atoms with E-state index in [4.69, 9.17) is 14.7 Å². The Kier molecular flexibility index (Phi) is 25.7. The van der Waals surface area contributed by atoms with Gasteiger partial charge in [-0.1, -0.05) is 19.4 Å². The van der Waals surface area contributed by atoms with Crippen molar-refractivity contribution >= 4 is 71.0 Å². The van der Waals surface area contributed by atoms with Crippen molar-refractivity contribution in [2.45, 2.75) is 151 Å². The van der Waals surface area contributed by atoms with Crippen molar-refractivity contribution in [3.63, 3.8) is 0 Å². The Hall–Kier alpha value is -6.59. The molecule has 0 radical (unpaired) electrons. The van der Waals surface area contributed by atoms with Crippen molar-refractivity contribution in [2.75, 3.05) is 55.6 Å². The first kappa shape index (κ1) is 70.9. The first-order valence-electron chi connectivity index (χ1n) is 29.5. The number of carbonyl (C=O) groups is 8. The molecular formula is C58H77N10NaO20S. The summed E-state index contributed by atoms with van der Waals surface area (Å²) in [5, 5.41) is 104. The number of ether oxygens (including phenoxy) is 1. The van der Waals surface area contributed by atoms with E-state index >= 15 is 0 Å². The molecule has 0 bridgehead atoms. The zero-order valence-electron chi connectivity index (χ0n) is 50.0. The number of aromatic hydroxyl groups is 1. The van der Waals surface area contributed by atoms with Gasteiger partial charge in [0.15, 0.2) is 11.5 Å². The summed E-state index contributed by atoms with van der Waals surface area (Å²) in [7, 11) is 0. The van der Waals surface area contributed by atoms with Crippen LogP contribution in [0.1, 0.15) is 81.1 Å². The number of nitrogens with two attached hydrogens (primary N) is 1. The summed E-state index contributed by atoms with van der Waals surface area (Å²) in [5.41, 5.74) is 7.43. The minimum Gasteiger partial charge on any atom is -0.691 e. The number of phenols is 1. The van der Waals surface area contributed by atoms with Crippen LogP contribution < -0.4 is 85.9 Å². The SMILES string of the molecule is CC(O)C1NC(=O)C(NC(=O)c2ccc(N3CCN(c4ccc(OC5CCCCC5)cc4)CC3)cc2)CC(O)CNC(=O)C2C(O)C(C)CN2C(=O)C(C(O)CC(N)=O)NC(=O)C(C(O)Cc2ccc(O)c(OSOO[O-])c2)NC(=O)C2CC(O)CN2C1=O.[Na+]. The molecule has 3 aromatic rings. The van der Waals surface area contributed by atoms with E-state index < -0.39 is 177 Å². The normalized spacial score (nSPS) is 27.1. The van der Waals surface area contributed by atoms with E-state index in [1.54, 1.807) is 12.1 Å². The topological polar surface area (TPSA) is 437 Å². The Labute approximate surface area is 544 Å². The molecule has 0 spiro atoms. The molecule has 14 N–H and O–H groups in total. The largest absolute Gasteiger partial charge is 1.00 e. The smallest absolute Gasteiger partial charge is 0.691 e. The molecule has 30 nitrogen and oxygen atoms in total. The zero-order chi connectivity index (χ0) is 64.2. The average molecular weight is 1290 g/mol. The van der Waals surface area contributed by atoms with Gasteiger partial charge in [-0.2, -0.15) is 0 Å². The number of hydrogen-bond acceptors (Lipinski definition) is 23. The second kappa shape index (κ2) is 32.6. The van der Waals surface area contributed by atoms with Crippen LogP contribution in [0.2, 0.25) is 0 Å². The fourth-order valence-corrected chi connectivity index (χ4v) is 12.1. The van der Waals surface area contributed by atoms with E-state index in [0.717, 1.165) is 58.8 Å². The van der Waals surface area contributed by atoms with Crippen LogP contribution in [-0.2, 0) is 49.4 Å². The number of β-amino-alcohol motifs (C(OH)–C–C–N with tert-alkyl or cyclic N) is 1. The Morgan fingerprint density at radius 3 is 1.98 bits per heavy atom. The summed E-state index contributed by atoms with van der Waals surface area (Å²) in [6.07, 6.45) is -7.58. The summed E-state index contributed by atoms with van der Waals surface area (Å²) >= 11 is -0.000449. The molecule has 1 aliphatic carbocycles. The Bertz CT molecular complexity index is 2980. The van der Waals surface area contributed by atoms with Crippen molar-refractivity contribution in [3.05, 3.63) is 77.9 Å². The van der Waals surface area contributed by atoms with Crippen LogP contribution in [0.15, 0.2) is 66.7 Å². The van der Waals surface area contributed by atoms with E-state index in [1.807, 2.05) is 12.1 Å². The third-order valence-corrected chi connectivity index (χ3v) is 17.0. The molecule has 486 valence electrons. The second-order valence-corrected chi connectivity index (χ2v) is 23.6. The number of rotatable bonds is 17. The maximum absolute atomic E-state index is 14.7. The van der Waals surface area contributed by atoms with Gasteiger partial charge >= 0.3 is 29.6 Å². The number of hydrogen-bond donors (Lipinski definition) is 13. The van der Waals surface area contributed by atoms with Gasteiger partial charge in [-0.25, -0.2) is 0 Å². The van der Waals surface area contributed by atoms with Gasteiger partial charge in [0.05, 0.1) is 49.1 Å². The maximum Gasteiger partial charge on any atom is 1.00 e. The molecule has 0 aromatic heterocycles. The van der Waals surface area contributed by atoms with Crippen LogP contribution in [0.25, 0.3) is 0 Å². The summed E-state index contributed by atoms with van der Waals surface area (Å²) in [6, 6.07) is 6.52. The molecule has 5 fully saturated rings. The van der Waals surface area contributed by atoms with Crippen LogP contribution in [0.4, 0.5) is 11.4 Å². The molecule has 32 heteroatoms. The van der Waals surface area contributed by atoms with Crippen molar-refractivity contribution in [1.29, 1.82) is 0 Å². The first-order valence-corrected chi connectivity index (χ1v) is 30.1. The van der Waals surface area contributed by atoms with E-state index in [-0.39, 0.29) is 64.9 Å². The Morgan fingerprint density at radius 1 is 0.744 bits per heavy atom. The Balaban J connectivity index is 0.0000115. The van der Waals surface area contributed by atoms with Crippen molar-refractivity contribution < 1.29 is 127 Å². The zero-order valence-corrected chi connectivity index (χ0v) is 52.8. The van der Waals surface area contributed by atoms with Crippen LogP contribution in [-0.4, -0.2) is 218 Å². The fourth-order valence-electron chi connectivity index (χ4n) is 11.8. The molecule has 90 heavy (non-hydrogen) atoms. The van der Waals surface area contributed by atoms with Crippen molar-refractivity contribution in [3.8, 4) is 17.2 Å². The van der Waals surface area contributed by atoms with Crippen LogP contribution >= 0.6 is 12.3 Å². The standard InChI is InChI=1S/C58H78N10O20S.Na/c1-30-28-68-50(51(30)76)56(81)60-27-36(70)24-40(61-52(77)33-9-11-34(12-10-33)65-18-20-66(21-19-65)35-13-15-39(16-14-35)85-38-6-4-3-5-7-38)53(78)62-47(31(2)69)57(82)67-29-37(71)25-41(67)54(79)63-48(55(80)64-49(58(68)83)44(74)26-46(59)75)43(73)22-32-8-17-42(72)45(23-32)86-89-88-87-84;/h8-17,23,30-31,36-38,40-41,43-44,47-51,69-74,76,84H,3-7,18-22,24-29H2,1-2H3,(H2,59,75)(H,60,81)(H,61,77)(H,62,78)(H,63,79)(H,64,80);/q;+1/p-1. The number of anilines is 2. The second-order valence-electron chi connectivity index (χ2n) is 23.2. The van der Waals surface area contributed by atoms with Crippen LogP contribution in [0.5, 0.6) is 17.2 Å². The van der Waals surface area contributed by atoms with Crippen molar-refractivity contribution in [2.24, 2.45) is 11.7 Å². The van der Waals surface area contributed by atoms with Gasteiger partial charge in [-0.15, -0.1) is 4.33 Å². The predicted molar refractivity (Wildman–Crippen MR) is 312 cm³/mol. The summed E-state index contributed by atoms with van der Waals surface area (Å²) in [6.45, 7) is 3.64. The predicted octanol–water partition coefficient (Wildman–Crippen LogP) is -6.58. The number of benzene rings is 3. The van der Waals surface area contributed by atoms with Crippen LogP contribution in [0.3, 0.4) is 0 Å². The minimum absolute atomic E-state index is 0. The summed E-state index contributed by atoms with van der Waals surface area (Å²) in [4.78, 5) is 120. The molecule has 4 aliphatic heterocycles. The van der Waals surface area contributed by atoms with Crippen LogP contribution in [0, 0.1) is 5.92 Å². The number of aliphatic hydroxyl groups excluding tert-OH is 6. The number of nitrogens with one attached hydrogen (secondary N) is 5. The molecule has 13 unspecified atom stereocenters. The molecule has 4 saturated heterocycles. The fraction of sp³-hybridized carbons (Fsp3) is 0.552. The molecule has 3 aromatic carbocycles. The minimum atomic E-state index is -2.21. The number of piperazine rings is 1. The molecule has 1 saturated carbocycles. The molecular weight excluding hydrogens is 1210 g/mol. The van der Waals surface area contributed by atoms with Gasteiger partial charge in [0.1, 0.15) is 42.0 Å². The number of fused-ring (bicyclic) bond motifs is 2. The summed E-state index contributed by atoms with van der Waals surface area (Å²) < 4.78 is 15.4. The Morgan fingerprint density at radius 2 is 1.36 bits per heavy atom. The van der Waals surface area contributed by atoms with Gasteiger partial charge in [0, 0.05) is 87.9 Å². The molecule has 4 heterocycles.